The van der Waals surface area contributed by atoms with Crippen molar-refractivity contribution < 1.29 is 0 Å². The van der Waals surface area contributed by atoms with Crippen LogP contribution in [0.5, 0.6) is 0 Å². The molecule has 1 saturated heterocycles. The molecule has 112 valence electrons. The van der Waals surface area contributed by atoms with Gasteiger partial charge in [-0.2, -0.15) is 11.8 Å². The van der Waals surface area contributed by atoms with Gasteiger partial charge in [0.15, 0.2) is 5.96 Å². The van der Waals surface area contributed by atoms with Crippen LogP contribution >= 0.6 is 23.1 Å². The summed E-state index contributed by atoms with van der Waals surface area (Å²) in [6, 6.07) is 0. The molecule has 2 rings (SSSR count). The summed E-state index contributed by atoms with van der Waals surface area (Å²) in [6.45, 7) is 8.36. The molecule has 0 aromatic carbocycles. The quantitative estimate of drug-likeness (QED) is 0.670. The Hall–Kier alpha value is -0.750. The molecule has 1 aliphatic rings. The Labute approximate surface area is 130 Å². The number of aliphatic imine (C=N–C) groups is 1. The van der Waals surface area contributed by atoms with Gasteiger partial charge in [0.1, 0.15) is 0 Å². The zero-order chi connectivity index (χ0) is 14.2. The smallest absolute Gasteiger partial charge is 0.193 e. The molecule has 1 aliphatic heterocycles. The lowest BCUT2D eigenvalue weighted by Gasteiger charge is -2.34. The second kappa shape index (κ2) is 8.52. The summed E-state index contributed by atoms with van der Waals surface area (Å²) in [7, 11) is 0. The van der Waals surface area contributed by atoms with E-state index in [9.17, 15) is 0 Å². The van der Waals surface area contributed by atoms with Gasteiger partial charge in [-0.25, -0.2) is 4.98 Å². The van der Waals surface area contributed by atoms with Crippen LogP contribution in [-0.4, -0.2) is 53.0 Å². The van der Waals surface area contributed by atoms with E-state index in [1.54, 1.807) is 11.3 Å². The molecule has 4 nitrogen and oxygen atoms in total. The lowest BCUT2D eigenvalue weighted by Crippen LogP contribution is -2.48. The Kier molecular flexibility index (Phi) is 6.66. The molecule has 20 heavy (non-hydrogen) atoms. The first-order valence-corrected chi connectivity index (χ1v) is 9.29. The third kappa shape index (κ3) is 4.66. The minimum absolute atomic E-state index is 0.742. The van der Waals surface area contributed by atoms with E-state index in [2.05, 4.69) is 40.8 Å². The summed E-state index contributed by atoms with van der Waals surface area (Å²) in [5.41, 5.74) is 0. The highest BCUT2D eigenvalue weighted by Crippen LogP contribution is 2.21. The molecule has 6 heteroatoms. The van der Waals surface area contributed by atoms with Crippen molar-refractivity contribution in [3.05, 3.63) is 16.6 Å². The van der Waals surface area contributed by atoms with Gasteiger partial charge in [0.25, 0.3) is 0 Å². The third-order valence-corrected chi connectivity index (χ3v) is 5.51. The number of guanidine groups is 1. The molecule has 1 atom stereocenters. The molecule has 0 radical (unpaired) electrons. The summed E-state index contributed by atoms with van der Waals surface area (Å²) in [5.74, 6) is 2.28. The zero-order valence-corrected chi connectivity index (χ0v) is 14.0. The molecule has 0 spiro atoms. The first-order chi connectivity index (χ1) is 9.83. The molecule has 0 aliphatic carbocycles. The van der Waals surface area contributed by atoms with Crippen molar-refractivity contribution >= 4 is 29.1 Å². The predicted octanol–water partition coefficient (Wildman–Crippen LogP) is 2.48. The van der Waals surface area contributed by atoms with Crippen molar-refractivity contribution in [2.75, 3.05) is 31.9 Å². The molecule has 1 N–H and O–H groups in total. The predicted molar refractivity (Wildman–Crippen MR) is 89.9 cm³/mol. The molecule has 1 fully saturated rings. The van der Waals surface area contributed by atoms with Crippen molar-refractivity contribution in [2.45, 2.75) is 31.9 Å². The van der Waals surface area contributed by atoms with Gasteiger partial charge in [0.05, 0.1) is 5.01 Å². The van der Waals surface area contributed by atoms with E-state index in [4.69, 9.17) is 4.99 Å². The Morgan fingerprint density at radius 2 is 2.45 bits per heavy atom. The molecule has 0 amide bonds. The fraction of sp³-hybridized carbons (Fsp3) is 0.714. The van der Waals surface area contributed by atoms with E-state index >= 15 is 0 Å². The van der Waals surface area contributed by atoms with E-state index in [0.717, 1.165) is 43.8 Å². The number of thiazole rings is 1. The SMILES string of the molecule is CCNC(=NCCc1nccs1)N1CCSC(CC)C1. The number of hydrogen-bond donors (Lipinski definition) is 1. The minimum Gasteiger partial charge on any atom is -0.357 e. The summed E-state index contributed by atoms with van der Waals surface area (Å²) >= 11 is 3.80. The maximum Gasteiger partial charge on any atom is 0.193 e. The number of nitrogens with one attached hydrogen (secondary N) is 1. The molecule has 1 aromatic heterocycles. The number of hydrogen-bond acceptors (Lipinski definition) is 4. The molecule has 0 saturated carbocycles. The maximum atomic E-state index is 4.77. The second-order valence-corrected chi connectivity index (χ2v) is 7.15. The lowest BCUT2D eigenvalue weighted by molar-refractivity contribution is 0.408. The number of nitrogens with zero attached hydrogens (tertiary/aromatic N) is 3. The van der Waals surface area contributed by atoms with Gasteiger partial charge in [-0.05, 0) is 13.3 Å². The molecule has 0 bridgehead atoms. The normalized spacial score (nSPS) is 20.2. The van der Waals surface area contributed by atoms with Crippen LogP contribution in [0.2, 0.25) is 0 Å². The Bertz CT molecular complexity index is 405. The summed E-state index contributed by atoms with van der Waals surface area (Å²) in [6.07, 6.45) is 4.04. The van der Waals surface area contributed by atoms with Crippen LogP contribution in [0, 0.1) is 0 Å². The van der Waals surface area contributed by atoms with Crippen LogP contribution in [0.1, 0.15) is 25.3 Å². The monoisotopic (exact) mass is 312 g/mol. The van der Waals surface area contributed by atoms with Gasteiger partial charge in [-0.1, -0.05) is 6.92 Å². The maximum absolute atomic E-state index is 4.77. The zero-order valence-electron chi connectivity index (χ0n) is 12.3. The van der Waals surface area contributed by atoms with Gasteiger partial charge < -0.3 is 10.2 Å². The van der Waals surface area contributed by atoms with Crippen LogP contribution in [-0.2, 0) is 6.42 Å². The van der Waals surface area contributed by atoms with Crippen LogP contribution in [0.3, 0.4) is 0 Å². The van der Waals surface area contributed by atoms with Crippen LogP contribution in [0.4, 0.5) is 0 Å². The van der Waals surface area contributed by atoms with Gasteiger partial charge in [0, 0.05) is 55.2 Å². The van der Waals surface area contributed by atoms with Gasteiger partial charge >= 0.3 is 0 Å². The molecular weight excluding hydrogens is 288 g/mol. The summed E-state index contributed by atoms with van der Waals surface area (Å²) < 4.78 is 0. The standard InChI is InChI=1S/C14H24N4S2/c1-3-12-11-18(8-10-19-12)14(15-4-2)17-6-5-13-16-7-9-20-13/h7,9,12H,3-6,8,10-11H2,1-2H3,(H,15,17). The van der Waals surface area contributed by atoms with E-state index < -0.39 is 0 Å². The largest absolute Gasteiger partial charge is 0.357 e. The Morgan fingerprint density at radius 3 is 3.15 bits per heavy atom. The van der Waals surface area contributed by atoms with Crippen molar-refractivity contribution in [3.8, 4) is 0 Å². The molecule has 1 aromatic rings. The lowest BCUT2D eigenvalue weighted by atomic mass is 10.3. The fourth-order valence-electron chi connectivity index (χ4n) is 2.22. The van der Waals surface area contributed by atoms with Gasteiger partial charge in [0.2, 0.25) is 0 Å². The first-order valence-electron chi connectivity index (χ1n) is 7.36. The third-order valence-electron chi connectivity index (χ3n) is 3.30. The average Bonchev–Trinajstić information content (AvgIpc) is 3.00. The molecule has 2 heterocycles. The first kappa shape index (κ1) is 15.6. The van der Waals surface area contributed by atoms with Crippen molar-refractivity contribution in [1.82, 2.24) is 15.2 Å². The second-order valence-electron chi connectivity index (χ2n) is 4.76. The van der Waals surface area contributed by atoms with E-state index in [0.29, 0.717) is 0 Å². The van der Waals surface area contributed by atoms with Crippen LogP contribution in [0.15, 0.2) is 16.6 Å². The van der Waals surface area contributed by atoms with E-state index in [-0.39, 0.29) is 0 Å². The summed E-state index contributed by atoms with van der Waals surface area (Å²) in [4.78, 5) is 11.5. The molecular formula is C14H24N4S2. The Morgan fingerprint density at radius 1 is 1.55 bits per heavy atom. The summed E-state index contributed by atoms with van der Waals surface area (Å²) in [5, 5.41) is 7.37. The number of aromatic nitrogens is 1. The van der Waals surface area contributed by atoms with Crippen LogP contribution < -0.4 is 5.32 Å². The van der Waals surface area contributed by atoms with E-state index in [1.165, 1.54) is 17.2 Å². The number of thioether (sulfide) groups is 1. The minimum atomic E-state index is 0.742. The van der Waals surface area contributed by atoms with Gasteiger partial charge in [-0.3, -0.25) is 4.99 Å². The highest BCUT2D eigenvalue weighted by Gasteiger charge is 2.21. The average molecular weight is 313 g/mol. The Balaban J connectivity index is 1.90. The van der Waals surface area contributed by atoms with Gasteiger partial charge in [-0.15, -0.1) is 11.3 Å². The van der Waals surface area contributed by atoms with Crippen molar-refractivity contribution in [3.63, 3.8) is 0 Å². The molecule has 1 unspecified atom stereocenters. The number of rotatable bonds is 5. The topological polar surface area (TPSA) is 40.5 Å². The van der Waals surface area contributed by atoms with Crippen molar-refractivity contribution in [2.24, 2.45) is 4.99 Å². The van der Waals surface area contributed by atoms with E-state index in [1.807, 2.05) is 11.6 Å². The van der Waals surface area contributed by atoms with Crippen LogP contribution in [0.25, 0.3) is 0 Å². The highest BCUT2D eigenvalue weighted by molar-refractivity contribution is 8.00. The highest BCUT2D eigenvalue weighted by atomic mass is 32.2. The van der Waals surface area contributed by atoms with Crippen molar-refractivity contribution in [1.29, 1.82) is 0 Å². The fourth-order valence-corrected chi connectivity index (χ4v) is 4.01.